The van der Waals surface area contributed by atoms with Gasteiger partial charge in [-0.1, -0.05) is 31.0 Å². The predicted octanol–water partition coefficient (Wildman–Crippen LogP) is 6.40. The Morgan fingerprint density at radius 1 is 0.882 bits per heavy atom. The number of unbranched alkanes of at least 4 members (excludes halogenated alkanes) is 3. The van der Waals surface area contributed by atoms with Gasteiger partial charge in [0.05, 0.1) is 23.7 Å². The maximum atomic E-state index is 12.5. The zero-order chi connectivity index (χ0) is 24.2. The third-order valence-corrected chi connectivity index (χ3v) is 6.92. The summed E-state index contributed by atoms with van der Waals surface area (Å²) in [4.78, 5) is 9.08. The highest BCUT2D eigenvalue weighted by Crippen LogP contribution is 2.38. The van der Waals surface area contributed by atoms with Gasteiger partial charge in [0.2, 0.25) is 0 Å². The van der Waals surface area contributed by atoms with Crippen LogP contribution in [0.5, 0.6) is 0 Å². The van der Waals surface area contributed by atoms with Gasteiger partial charge in [-0.05, 0) is 71.1 Å². The first-order chi connectivity index (χ1) is 16.3. The summed E-state index contributed by atoms with van der Waals surface area (Å²) in [5.74, 6) is 0. The Morgan fingerprint density at radius 2 is 1.59 bits per heavy atom. The van der Waals surface area contributed by atoms with Crippen molar-refractivity contribution in [1.29, 1.82) is 0 Å². The minimum absolute atomic E-state index is 0.168. The van der Waals surface area contributed by atoms with Gasteiger partial charge in [0.15, 0.2) is 0 Å². The first-order valence-corrected chi connectivity index (χ1v) is 12.6. The smallest absolute Gasteiger partial charge is 0.0968 e. The Balaban J connectivity index is 1.14. The van der Waals surface area contributed by atoms with Crippen LogP contribution >= 0.6 is 0 Å². The van der Waals surface area contributed by atoms with Gasteiger partial charge < -0.3 is 19.7 Å². The van der Waals surface area contributed by atoms with Crippen molar-refractivity contribution in [2.75, 3.05) is 13.2 Å². The van der Waals surface area contributed by atoms with Crippen molar-refractivity contribution in [2.24, 2.45) is 0 Å². The van der Waals surface area contributed by atoms with Crippen LogP contribution < -0.4 is 0 Å². The van der Waals surface area contributed by atoms with Gasteiger partial charge in [-0.2, -0.15) is 0 Å². The highest BCUT2D eigenvalue weighted by atomic mass is 16.5. The summed E-state index contributed by atoms with van der Waals surface area (Å²) in [7, 11) is 0. The molecule has 1 fully saturated rings. The maximum Gasteiger partial charge on any atom is 0.0968 e. The fourth-order valence-electron chi connectivity index (χ4n) is 5.32. The molecule has 0 radical (unpaired) electrons. The molecule has 4 rings (SSSR count). The average molecular weight is 465 g/mol. The maximum absolute atomic E-state index is 12.5. The van der Waals surface area contributed by atoms with E-state index in [1.165, 1.54) is 5.06 Å². The predicted molar refractivity (Wildman–Crippen MR) is 138 cm³/mol. The molecule has 1 aromatic carbocycles. The lowest BCUT2D eigenvalue weighted by Crippen LogP contribution is -2.59. The first kappa shape index (κ1) is 25.0. The van der Waals surface area contributed by atoms with E-state index in [1.54, 1.807) is 0 Å². The van der Waals surface area contributed by atoms with E-state index in [0.29, 0.717) is 6.61 Å². The van der Waals surface area contributed by atoms with Crippen LogP contribution in [0.1, 0.15) is 71.8 Å². The zero-order valence-corrected chi connectivity index (χ0v) is 21.0. The molecule has 0 saturated carbocycles. The number of pyridine rings is 2. The molecule has 1 saturated heterocycles. The van der Waals surface area contributed by atoms with E-state index >= 15 is 0 Å². The van der Waals surface area contributed by atoms with Gasteiger partial charge in [0.25, 0.3) is 0 Å². The SMILES string of the molecule is CC1(C)CC(OCCCCCCOCc2ccnc3c2ccc2cccnc23)CC(C)(C)N1[O-]. The Hall–Kier alpha value is -2.12. The second-order valence-corrected chi connectivity index (χ2v) is 10.8. The molecule has 0 amide bonds. The number of nitrogens with zero attached hydrogens (tertiary/aromatic N) is 3. The van der Waals surface area contributed by atoms with Gasteiger partial charge in [0.1, 0.15) is 0 Å². The van der Waals surface area contributed by atoms with Crippen LogP contribution in [0.4, 0.5) is 0 Å². The van der Waals surface area contributed by atoms with Crippen LogP contribution in [0.3, 0.4) is 0 Å². The topological polar surface area (TPSA) is 70.5 Å². The number of piperidine rings is 1. The molecule has 0 N–H and O–H groups in total. The van der Waals surface area contributed by atoms with Crippen molar-refractivity contribution in [3.63, 3.8) is 0 Å². The van der Waals surface area contributed by atoms with Crippen LogP contribution in [0, 0.1) is 5.21 Å². The molecule has 0 aliphatic carbocycles. The van der Waals surface area contributed by atoms with Crippen LogP contribution in [-0.4, -0.2) is 45.4 Å². The van der Waals surface area contributed by atoms with E-state index in [0.717, 1.165) is 79.1 Å². The number of aromatic nitrogens is 2. The average Bonchev–Trinajstić information content (AvgIpc) is 2.81. The second-order valence-electron chi connectivity index (χ2n) is 10.8. The fourth-order valence-corrected chi connectivity index (χ4v) is 5.32. The number of hydrogen-bond acceptors (Lipinski definition) is 6. The molecule has 184 valence electrons. The molecule has 3 aromatic rings. The quantitative estimate of drug-likeness (QED) is 0.255. The second kappa shape index (κ2) is 10.6. The van der Waals surface area contributed by atoms with E-state index in [4.69, 9.17) is 9.47 Å². The summed E-state index contributed by atoms with van der Waals surface area (Å²) in [5, 5.41) is 15.9. The Kier molecular flexibility index (Phi) is 7.83. The summed E-state index contributed by atoms with van der Waals surface area (Å²) < 4.78 is 12.1. The fraction of sp³-hybridized carbons (Fsp3) is 0.571. The molecular weight excluding hydrogens is 426 g/mol. The minimum Gasteiger partial charge on any atom is -0.784 e. The molecule has 1 aliphatic heterocycles. The highest BCUT2D eigenvalue weighted by Gasteiger charge is 2.40. The summed E-state index contributed by atoms with van der Waals surface area (Å²) in [6.45, 7) is 10.2. The summed E-state index contributed by atoms with van der Waals surface area (Å²) in [5.41, 5.74) is 2.30. The summed E-state index contributed by atoms with van der Waals surface area (Å²) in [6.07, 6.45) is 9.77. The van der Waals surface area contributed by atoms with Gasteiger partial charge >= 0.3 is 0 Å². The van der Waals surface area contributed by atoms with E-state index < -0.39 is 0 Å². The van der Waals surface area contributed by atoms with Crippen LogP contribution in [0.2, 0.25) is 0 Å². The molecule has 1 aliphatic rings. The molecule has 2 aromatic heterocycles. The number of ether oxygens (including phenoxy) is 2. The van der Waals surface area contributed by atoms with Gasteiger partial charge in [-0.15, -0.1) is 0 Å². The highest BCUT2D eigenvalue weighted by molar-refractivity contribution is 6.03. The molecule has 3 heterocycles. The first-order valence-electron chi connectivity index (χ1n) is 12.6. The van der Waals surface area contributed by atoms with Gasteiger partial charge in [0, 0.05) is 47.5 Å². The zero-order valence-electron chi connectivity index (χ0n) is 21.0. The standard InChI is InChI=1S/C28H38N3O3/c1-27(2)18-23(19-28(3,4)31(27)32)34-17-8-6-5-7-16-33-20-22-13-15-30-26-24(22)12-11-21-10-9-14-29-25(21)26/h9-15,23H,5-8,16-20H2,1-4H3/q-1. The Morgan fingerprint density at radius 3 is 2.35 bits per heavy atom. The Bertz CT molecular complexity index is 1080. The Labute approximate surface area is 203 Å². The van der Waals surface area contributed by atoms with Crippen molar-refractivity contribution in [3.05, 3.63) is 53.5 Å². The molecule has 6 heteroatoms. The lowest BCUT2D eigenvalue weighted by molar-refractivity contribution is -0.0814. The lowest BCUT2D eigenvalue weighted by Gasteiger charge is -2.59. The molecule has 34 heavy (non-hydrogen) atoms. The van der Waals surface area contributed by atoms with Crippen molar-refractivity contribution >= 4 is 21.8 Å². The van der Waals surface area contributed by atoms with E-state index in [1.807, 2.05) is 52.2 Å². The lowest BCUT2D eigenvalue weighted by atomic mass is 9.80. The van der Waals surface area contributed by atoms with Crippen LogP contribution in [0.15, 0.2) is 42.7 Å². The number of hydrogen-bond donors (Lipinski definition) is 0. The van der Waals surface area contributed by atoms with Gasteiger partial charge in [-0.25, -0.2) is 0 Å². The van der Waals surface area contributed by atoms with Crippen LogP contribution in [-0.2, 0) is 16.1 Å². The van der Waals surface area contributed by atoms with Crippen LogP contribution in [0.25, 0.3) is 21.8 Å². The number of hydroxylamine groups is 2. The van der Waals surface area contributed by atoms with E-state index in [9.17, 15) is 5.21 Å². The number of rotatable bonds is 10. The summed E-state index contributed by atoms with van der Waals surface area (Å²) >= 11 is 0. The van der Waals surface area contributed by atoms with Crippen molar-refractivity contribution in [2.45, 2.75) is 90.0 Å². The normalized spacial score (nSPS) is 18.6. The molecule has 0 spiro atoms. The minimum atomic E-state index is -0.368. The van der Waals surface area contributed by atoms with Gasteiger partial charge in [-0.3, -0.25) is 9.97 Å². The van der Waals surface area contributed by atoms with Crippen molar-refractivity contribution in [3.8, 4) is 0 Å². The molecule has 0 unspecified atom stereocenters. The third kappa shape index (κ3) is 5.74. The largest absolute Gasteiger partial charge is 0.784 e. The molecule has 0 atom stereocenters. The summed E-state index contributed by atoms with van der Waals surface area (Å²) in [6, 6.07) is 10.3. The van der Waals surface area contributed by atoms with Crippen molar-refractivity contribution in [1.82, 2.24) is 15.0 Å². The van der Waals surface area contributed by atoms with Crippen molar-refractivity contribution < 1.29 is 9.47 Å². The molecular formula is C28H38N3O3-. The number of benzene rings is 1. The molecule has 0 bridgehead atoms. The number of fused-ring (bicyclic) bond motifs is 3. The molecule has 6 nitrogen and oxygen atoms in total. The monoisotopic (exact) mass is 464 g/mol. The van der Waals surface area contributed by atoms with E-state index in [-0.39, 0.29) is 17.2 Å². The third-order valence-electron chi connectivity index (χ3n) is 6.92. The van der Waals surface area contributed by atoms with E-state index in [2.05, 4.69) is 28.2 Å².